The number of amides is 1. The fourth-order valence-corrected chi connectivity index (χ4v) is 4.43. The number of carbonyl (C=O) groups excluding carboxylic acids is 1. The standard InChI is InChI=1S/C20H21N5O5S/c1-15-19(22-23-24(15)17-9-5-10-18(13-17)25(27)28)20(26)21-11-6-12-31(29,30)14-16-7-3-2-4-8-16/h2-5,7-10,13H,6,11-12,14H2,1H3,(H,21,26). The number of sulfone groups is 1. The molecule has 1 aromatic heterocycles. The highest BCUT2D eigenvalue weighted by molar-refractivity contribution is 7.90. The highest BCUT2D eigenvalue weighted by atomic mass is 32.2. The number of rotatable bonds is 9. The fourth-order valence-electron chi connectivity index (χ4n) is 3.00. The molecule has 0 aliphatic carbocycles. The lowest BCUT2D eigenvalue weighted by molar-refractivity contribution is -0.384. The van der Waals surface area contributed by atoms with Gasteiger partial charge in [0.1, 0.15) is 0 Å². The molecule has 0 aliphatic rings. The van der Waals surface area contributed by atoms with Crippen molar-refractivity contribution in [3.63, 3.8) is 0 Å². The molecule has 0 saturated carbocycles. The van der Waals surface area contributed by atoms with E-state index in [1.807, 2.05) is 6.07 Å². The normalized spacial score (nSPS) is 11.3. The summed E-state index contributed by atoms with van der Waals surface area (Å²) in [5.74, 6) is -0.588. The molecule has 0 atom stereocenters. The summed E-state index contributed by atoms with van der Waals surface area (Å²) in [7, 11) is -3.29. The molecule has 0 saturated heterocycles. The molecule has 10 nitrogen and oxygen atoms in total. The molecular formula is C20H21N5O5S. The zero-order chi connectivity index (χ0) is 22.4. The van der Waals surface area contributed by atoms with Crippen LogP contribution in [0, 0.1) is 17.0 Å². The molecule has 1 heterocycles. The molecule has 3 rings (SSSR count). The van der Waals surface area contributed by atoms with E-state index in [2.05, 4.69) is 15.6 Å². The van der Waals surface area contributed by atoms with Gasteiger partial charge in [-0.2, -0.15) is 0 Å². The SMILES string of the molecule is Cc1c(C(=O)NCCCS(=O)(=O)Cc2ccccc2)nnn1-c1cccc([N+](=O)[O-])c1. The van der Waals surface area contributed by atoms with Gasteiger partial charge >= 0.3 is 0 Å². The number of benzene rings is 2. The van der Waals surface area contributed by atoms with Gasteiger partial charge in [-0.1, -0.05) is 41.6 Å². The Morgan fingerprint density at radius 2 is 1.90 bits per heavy atom. The number of nitrogens with zero attached hydrogens (tertiary/aromatic N) is 4. The zero-order valence-corrected chi connectivity index (χ0v) is 17.6. The minimum absolute atomic E-state index is 0.0432. The van der Waals surface area contributed by atoms with Gasteiger partial charge in [-0.05, 0) is 25.0 Å². The molecule has 3 aromatic rings. The maximum atomic E-state index is 12.4. The van der Waals surface area contributed by atoms with Crippen LogP contribution in [0.4, 0.5) is 5.69 Å². The van der Waals surface area contributed by atoms with Crippen molar-refractivity contribution in [3.8, 4) is 5.69 Å². The molecule has 2 aromatic carbocycles. The van der Waals surface area contributed by atoms with Gasteiger partial charge in [0.15, 0.2) is 15.5 Å². The van der Waals surface area contributed by atoms with E-state index in [9.17, 15) is 23.3 Å². The first-order valence-electron chi connectivity index (χ1n) is 9.46. The maximum Gasteiger partial charge on any atom is 0.273 e. The van der Waals surface area contributed by atoms with E-state index in [0.29, 0.717) is 11.4 Å². The Morgan fingerprint density at radius 3 is 2.61 bits per heavy atom. The van der Waals surface area contributed by atoms with Crippen molar-refractivity contribution in [2.45, 2.75) is 19.1 Å². The molecule has 0 radical (unpaired) electrons. The van der Waals surface area contributed by atoms with Crippen LogP contribution in [0.25, 0.3) is 5.69 Å². The zero-order valence-electron chi connectivity index (χ0n) is 16.8. The molecule has 31 heavy (non-hydrogen) atoms. The third-order valence-corrected chi connectivity index (χ3v) is 6.23. The Hall–Kier alpha value is -3.60. The van der Waals surface area contributed by atoms with Crippen LogP contribution in [0.5, 0.6) is 0 Å². The first-order valence-corrected chi connectivity index (χ1v) is 11.3. The van der Waals surface area contributed by atoms with Crippen LogP contribution in [0.3, 0.4) is 0 Å². The van der Waals surface area contributed by atoms with Gasteiger partial charge in [-0.25, -0.2) is 13.1 Å². The van der Waals surface area contributed by atoms with Crippen LogP contribution in [0.15, 0.2) is 54.6 Å². The Balaban J connectivity index is 1.57. The number of nitro groups is 1. The molecule has 11 heteroatoms. The number of nitrogens with one attached hydrogen (secondary N) is 1. The van der Waals surface area contributed by atoms with Gasteiger partial charge in [0.25, 0.3) is 11.6 Å². The van der Waals surface area contributed by atoms with Gasteiger partial charge in [0, 0.05) is 18.7 Å². The van der Waals surface area contributed by atoms with Crippen LogP contribution in [-0.2, 0) is 15.6 Å². The molecule has 0 aliphatic heterocycles. The minimum Gasteiger partial charge on any atom is -0.351 e. The summed E-state index contributed by atoms with van der Waals surface area (Å²) in [5, 5.41) is 21.4. The van der Waals surface area contributed by atoms with E-state index in [4.69, 9.17) is 0 Å². The number of aromatic nitrogens is 3. The fraction of sp³-hybridized carbons (Fsp3) is 0.250. The predicted octanol–water partition coefficient (Wildman–Crippen LogP) is 2.22. The smallest absolute Gasteiger partial charge is 0.273 e. The number of nitro benzene ring substituents is 1. The Kier molecular flexibility index (Phi) is 6.75. The van der Waals surface area contributed by atoms with E-state index >= 15 is 0 Å². The summed E-state index contributed by atoms with van der Waals surface area (Å²) < 4.78 is 25.8. The van der Waals surface area contributed by atoms with Crippen molar-refractivity contribution >= 4 is 21.4 Å². The van der Waals surface area contributed by atoms with Crippen LogP contribution in [0.1, 0.15) is 28.2 Å². The van der Waals surface area contributed by atoms with Crippen LogP contribution >= 0.6 is 0 Å². The van der Waals surface area contributed by atoms with Crippen molar-refractivity contribution in [1.82, 2.24) is 20.3 Å². The van der Waals surface area contributed by atoms with E-state index in [1.54, 1.807) is 37.3 Å². The lowest BCUT2D eigenvalue weighted by Gasteiger charge is -2.06. The second kappa shape index (κ2) is 9.47. The monoisotopic (exact) mass is 443 g/mol. The first kappa shape index (κ1) is 22.1. The molecular weight excluding hydrogens is 422 g/mol. The first-order chi connectivity index (χ1) is 14.8. The highest BCUT2D eigenvalue weighted by Gasteiger charge is 2.19. The van der Waals surface area contributed by atoms with Crippen LogP contribution < -0.4 is 5.32 Å². The quantitative estimate of drug-likeness (QED) is 0.304. The van der Waals surface area contributed by atoms with E-state index in [1.165, 1.54) is 22.9 Å². The van der Waals surface area contributed by atoms with Gasteiger partial charge in [-0.15, -0.1) is 5.10 Å². The number of hydrogen-bond donors (Lipinski definition) is 1. The lowest BCUT2D eigenvalue weighted by atomic mass is 10.2. The van der Waals surface area contributed by atoms with Crippen LogP contribution in [0.2, 0.25) is 0 Å². The van der Waals surface area contributed by atoms with Crippen molar-refractivity contribution in [2.24, 2.45) is 0 Å². The van der Waals surface area contributed by atoms with Gasteiger partial charge in [-0.3, -0.25) is 14.9 Å². The molecule has 0 spiro atoms. The Bertz CT molecular complexity index is 1190. The topological polar surface area (TPSA) is 137 Å². The van der Waals surface area contributed by atoms with E-state index in [-0.39, 0.29) is 35.9 Å². The van der Waals surface area contributed by atoms with Crippen molar-refractivity contribution < 1.29 is 18.1 Å². The van der Waals surface area contributed by atoms with E-state index in [0.717, 1.165) is 5.56 Å². The van der Waals surface area contributed by atoms with Crippen molar-refractivity contribution in [3.05, 3.63) is 81.7 Å². The van der Waals surface area contributed by atoms with Crippen molar-refractivity contribution in [2.75, 3.05) is 12.3 Å². The molecule has 0 fully saturated rings. The second-order valence-corrected chi connectivity index (χ2v) is 9.08. The molecule has 0 bridgehead atoms. The molecule has 0 unspecified atom stereocenters. The van der Waals surface area contributed by atoms with Crippen molar-refractivity contribution in [1.29, 1.82) is 0 Å². The third-order valence-electron chi connectivity index (χ3n) is 4.54. The third kappa shape index (κ3) is 5.72. The van der Waals surface area contributed by atoms with E-state index < -0.39 is 20.7 Å². The summed E-state index contributed by atoms with van der Waals surface area (Å²) in [4.78, 5) is 22.9. The maximum absolute atomic E-state index is 12.4. The number of carbonyl (C=O) groups is 1. The number of hydrogen-bond acceptors (Lipinski definition) is 7. The summed E-state index contributed by atoms with van der Waals surface area (Å²) >= 11 is 0. The summed E-state index contributed by atoms with van der Waals surface area (Å²) in [6.45, 7) is 1.79. The van der Waals surface area contributed by atoms with Gasteiger partial charge in [0.2, 0.25) is 0 Å². The number of non-ortho nitro benzene ring substituents is 1. The summed E-state index contributed by atoms with van der Waals surface area (Å²) in [5.41, 5.74) is 1.51. The minimum atomic E-state index is -3.29. The molecule has 1 N–H and O–H groups in total. The Labute approximate surface area is 179 Å². The summed E-state index contributed by atoms with van der Waals surface area (Å²) in [6, 6.07) is 14.7. The largest absolute Gasteiger partial charge is 0.351 e. The molecule has 162 valence electrons. The lowest BCUT2D eigenvalue weighted by Crippen LogP contribution is -2.27. The second-order valence-electron chi connectivity index (χ2n) is 6.90. The average molecular weight is 443 g/mol. The van der Waals surface area contributed by atoms with Gasteiger partial charge in [0.05, 0.1) is 27.8 Å². The Morgan fingerprint density at radius 1 is 1.16 bits per heavy atom. The summed E-state index contributed by atoms with van der Waals surface area (Å²) in [6.07, 6.45) is 0.263. The van der Waals surface area contributed by atoms with Crippen LogP contribution in [-0.4, -0.2) is 46.5 Å². The molecule has 1 amide bonds. The average Bonchev–Trinajstić information content (AvgIpc) is 3.13. The highest BCUT2D eigenvalue weighted by Crippen LogP contribution is 2.18. The predicted molar refractivity (Wildman–Crippen MR) is 114 cm³/mol. The van der Waals surface area contributed by atoms with Gasteiger partial charge < -0.3 is 5.32 Å².